The number of benzene rings is 1. The average Bonchev–Trinajstić information content (AvgIpc) is 3.03. The van der Waals surface area contributed by atoms with Gasteiger partial charge in [-0.1, -0.05) is 25.5 Å². The minimum Gasteiger partial charge on any atom is -0.481 e. The maximum absolute atomic E-state index is 13.6. The zero-order chi connectivity index (χ0) is 33.8. The second-order valence-electron chi connectivity index (χ2n) is 11.8. The molecule has 0 spiro atoms. The molecule has 0 aliphatic carbocycles. The van der Waals surface area contributed by atoms with Crippen LogP contribution in [0.1, 0.15) is 72.0 Å². The lowest BCUT2D eigenvalue weighted by molar-refractivity contribution is 0.0302. The van der Waals surface area contributed by atoms with Crippen molar-refractivity contribution in [3.8, 4) is 5.88 Å². The van der Waals surface area contributed by atoms with E-state index in [4.69, 9.17) is 14.2 Å². The van der Waals surface area contributed by atoms with Crippen LogP contribution >= 0.6 is 0 Å². The summed E-state index contributed by atoms with van der Waals surface area (Å²) in [5, 5.41) is 0. The highest BCUT2D eigenvalue weighted by atomic mass is 32.2. The molecule has 1 amide bonds. The molecule has 2 aromatic rings. The smallest absolute Gasteiger partial charge is 0.254 e. The number of hydrogen-bond donors (Lipinski definition) is 2. The lowest BCUT2D eigenvalue weighted by Crippen LogP contribution is -2.41. The van der Waals surface area contributed by atoms with E-state index in [2.05, 4.69) is 21.4 Å². The van der Waals surface area contributed by atoms with E-state index in [9.17, 15) is 21.6 Å². The van der Waals surface area contributed by atoms with Gasteiger partial charge >= 0.3 is 0 Å². The normalized spacial score (nSPS) is 16.2. The van der Waals surface area contributed by atoms with Crippen LogP contribution in [0, 0.1) is 0 Å². The summed E-state index contributed by atoms with van der Waals surface area (Å²) in [5.41, 5.74) is 2.70. The molecule has 1 saturated heterocycles. The molecule has 14 heteroatoms. The summed E-state index contributed by atoms with van der Waals surface area (Å²) in [4.78, 5) is 20.0. The van der Waals surface area contributed by atoms with Gasteiger partial charge in [0.2, 0.25) is 25.9 Å². The molecule has 258 valence electrons. The number of morpholine rings is 1. The van der Waals surface area contributed by atoms with Crippen molar-refractivity contribution in [3.05, 3.63) is 58.8 Å². The van der Waals surface area contributed by atoms with E-state index >= 15 is 0 Å². The Bertz CT molecular complexity index is 1470. The molecule has 2 heterocycles. The molecule has 2 N–H and O–H groups in total. The summed E-state index contributed by atoms with van der Waals surface area (Å²) < 4.78 is 70.2. The number of pyridine rings is 1. The van der Waals surface area contributed by atoms with E-state index in [1.165, 1.54) is 0 Å². The van der Waals surface area contributed by atoms with Gasteiger partial charge in [-0.05, 0) is 67.3 Å². The van der Waals surface area contributed by atoms with Crippen LogP contribution < -0.4 is 14.2 Å². The molecule has 12 nitrogen and oxygen atoms in total. The Balaban J connectivity index is 2.22. The molecule has 2 unspecified atom stereocenters. The fourth-order valence-corrected chi connectivity index (χ4v) is 7.46. The Labute approximate surface area is 274 Å². The summed E-state index contributed by atoms with van der Waals surface area (Å²) in [6.45, 7) is 4.91. The third-order valence-electron chi connectivity index (χ3n) is 8.54. The number of nitrogens with zero attached hydrogens (tertiary/aromatic N) is 2. The number of unbranched alkanes of at least 4 members (excludes halogenated alkanes) is 1. The molecule has 2 atom stereocenters. The second-order valence-corrected chi connectivity index (χ2v) is 15.4. The number of hydrogen-bond acceptors (Lipinski definition) is 9. The Morgan fingerprint density at radius 3 is 2.35 bits per heavy atom. The molecular formula is C32H50N4O8S2. The Kier molecular flexibility index (Phi) is 14.4. The first-order valence-corrected chi connectivity index (χ1v) is 19.5. The average molecular weight is 683 g/mol. The number of aromatic nitrogens is 1. The van der Waals surface area contributed by atoms with Crippen molar-refractivity contribution in [2.45, 2.75) is 56.8 Å². The van der Waals surface area contributed by atoms with Gasteiger partial charge < -0.3 is 19.1 Å². The van der Waals surface area contributed by atoms with Gasteiger partial charge in [-0.3, -0.25) is 4.79 Å². The van der Waals surface area contributed by atoms with Crippen molar-refractivity contribution in [2.24, 2.45) is 0 Å². The predicted octanol–water partition coefficient (Wildman–Crippen LogP) is 2.84. The number of ether oxygens (including phenoxy) is 3. The molecule has 1 aliphatic heterocycles. The minimum atomic E-state index is -3.48. The van der Waals surface area contributed by atoms with Crippen molar-refractivity contribution in [3.63, 3.8) is 0 Å². The van der Waals surface area contributed by atoms with Gasteiger partial charge in [-0.2, -0.15) is 0 Å². The summed E-state index contributed by atoms with van der Waals surface area (Å²) >= 11 is 0. The van der Waals surface area contributed by atoms with Crippen molar-refractivity contribution < 1.29 is 35.8 Å². The van der Waals surface area contributed by atoms with Gasteiger partial charge in [0.1, 0.15) is 0 Å². The molecule has 3 rings (SSSR count). The van der Waals surface area contributed by atoms with Crippen LogP contribution in [0.2, 0.25) is 0 Å². The number of rotatable bonds is 19. The number of aryl methyl sites for hydroxylation is 1. The fraction of sp³-hybridized carbons (Fsp3) is 0.625. The molecule has 0 saturated carbocycles. The molecule has 46 heavy (non-hydrogen) atoms. The van der Waals surface area contributed by atoms with Crippen molar-refractivity contribution in [1.82, 2.24) is 19.3 Å². The lowest BCUT2D eigenvalue weighted by Gasteiger charge is -2.44. The zero-order valence-electron chi connectivity index (χ0n) is 27.7. The van der Waals surface area contributed by atoms with E-state index in [0.717, 1.165) is 29.2 Å². The predicted molar refractivity (Wildman–Crippen MR) is 178 cm³/mol. The Morgan fingerprint density at radius 1 is 1.02 bits per heavy atom. The van der Waals surface area contributed by atoms with E-state index in [1.54, 1.807) is 25.3 Å². The lowest BCUT2D eigenvalue weighted by atomic mass is 9.61. The van der Waals surface area contributed by atoms with E-state index in [-0.39, 0.29) is 24.9 Å². The van der Waals surface area contributed by atoms with Gasteiger partial charge in [-0.15, -0.1) is 0 Å². The zero-order valence-corrected chi connectivity index (χ0v) is 29.3. The van der Waals surface area contributed by atoms with Gasteiger partial charge in [0.15, 0.2) is 0 Å². The highest BCUT2D eigenvalue weighted by molar-refractivity contribution is 7.89. The topological polar surface area (TPSA) is 153 Å². The molecule has 1 aromatic heterocycles. The number of methoxy groups -OCH3 is 2. The summed E-state index contributed by atoms with van der Waals surface area (Å²) in [6.07, 6.45) is 7.48. The van der Waals surface area contributed by atoms with Crippen molar-refractivity contribution in [2.75, 3.05) is 72.7 Å². The van der Waals surface area contributed by atoms with E-state index in [0.29, 0.717) is 82.9 Å². The van der Waals surface area contributed by atoms with Crippen molar-refractivity contribution >= 4 is 26.0 Å². The Hall–Kier alpha value is -2.62. The number of carbonyl (C=O) groups is 1. The van der Waals surface area contributed by atoms with E-state index < -0.39 is 25.5 Å². The maximum atomic E-state index is 13.6. The first kappa shape index (κ1) is 37.8. The van der Waals surface area contributed by atoms with Crippen molar-refractivity contribution in [1.29, 1.82) is 0 Å². The number of carbonyl (C=O) groups excluding carboxylic acids is 1. The third kappa shape index (κ3) is 10.7. The molecule has 1 aromatic carbocycles. The SMILES string of the molecule is CCc1ccnc(OC)c1C(CCCCNS(C)(=O)=O)(CCOC)C(CCNS(C)(=O)=O)c1cccc(C(=O)N2CCOCC2)c1. The fourth-order valence-electron chi connectivity index (χ4n) is 6.46. The quantitative estimate of drug-likeness (QED) is 0.213. The number of nitrogens with one attached hydrogen (secondary N) is 2. The highest BCUT2D eigenvalue weighted by Gasteiger charge is 2.44. The highest BCUT2D eigenvalue weighted by Crippen LogP contribution is 2.51. The summed E-state index contributed by atoms with van der Waals surface area (Å²) in [5.74, 6) is 0.0904. The van der Waals surface area contributed by atoms with Gasteiger partial charge in [0, 0.05) is 62.6 Å². The monoisotopic (exact) mass is 682 g/mol. The van der Waals surface area contributed by atoms with Crippen LogP contribution in [0.3, 0.4) is 0 Å². The van der Waals surface area contributed by atoms with Crippen LogP contribution in [0.25, 0.3) is 0 Å². The van der Waals surface area contributed by atoms with Crippen LogP contribution in [0.15, 0.2) is 36.5 Å². The number of sulfonamides is 2. The summed E-state index contributed by atoms with van der Waals surface area (Å²) in [6, 6.07) is 9.57. The van der Waals surface area contributed by atoms with Crippen LogP contribution in [0.5, 0.6) is 5.88 Å². The molecule has 0 radical (unpaired) electrons. The standard InChI is InChI=1S/C32H50N4O8S2/c1-6-25-12-17-33-30(43-3)29(25)32(15-21-42-2,14-7-8-16-34-45(4,38)39)28(13-18-35-46(5,40)41)26-10-9-11-27(24-26)31(37)36-19-22-44-23-20-36/h9-12,17,24,28,34-35H,6-8,13-16,18-23H2,1-5H3. The molecule has 1 aliphatic rings. The second kappa shape index (κ2) is 17.5. The summed E-state index contributed by atoms with van der Waals surface area (Å²) in [7, 11) is -3.59. The van der Waals surface area contributed by atoms with Crippen LogP contribution in [0.4, 0.5) is 0 Å². The van der Waals surface area contributed by atoms with E-state index in [1.807, 2.05) is 30.3 Å². The third-order valence-corrected chi connectivity index (χ3v) is 10.00. The van der Waals surface area contributed by atoms with Gasteiger partial charge in [0.05, 0.1) is 32.8 Å². The largest absolute Gasteiger partial charge is 0.481 e. The minimum absolute atomic E-state index is 0.0827. The first-order valence-electron chi connectivity index (χ1n) is 15.7. The first-order chi connectivity index (χ1) is 21.8. The number of amides is 1. The van der Waals surface area contributed by atoms with Gasteiger partial charge in [-0.25, -0.2) is 31.3 Å². The van der Waals surface area contributed by atoms with Crippen LogP contribution in [-0.2, 0) is 41.4 Å². The molecule has 0 bridgehead atoms. The molecular weight excluding hydrogens is 633 g/mol. The Morgan fingerprint density at radius 2 is 1.72 bits per heavy atom. The maximum Gasteiger partial charge on any atom is 0.254 e. The molecule has 1 fully saturated rings. The van der Waals surface area contributed by atoms with Crippen LogP contribution in [-0.4, -0.2) is 105 Å². The van der Waals surface area contributed by atoms with Gasteiger partial charge in [0.25, 0.3) is 5.91 Å².